The van der Waals surface area contributed by atoms with Gasteiger partial charge in [0.2, 0.25) is 0 Å². The number of ether oxygens (including phenoxy) is 1. The molecule has 102 valence electrons. The van der Waals surface area contributed by atoms with Crippen LogP contribution >= 0.6 is 0 Å². The van der Waals surface area contributed by atoms with E-state index >= 15 is 0 Å². The summed E-state index contributed by atoms with van der Waals surface area (Å²) in [5.74, 6) is -1.28. The third kappa shape index (κ3) is 3.57. The van der Waals surface area contributed by atoms with Gasteiger partial charge < -0.3 is 15.2 Å². The summed E-state index contributed by atoms with van der Waals surface area (Å²) in [7, 11) is 0. The lowest BCUT2D eigenvalue weighted by molar-refractivity contribution is -0.155. The van der Waals surface area contributed by atoms with Gasteiger partial charge in [-0.05, 0) is 27.2 Å². The predicted molar refractivity (Wildman–Crippen MR) is 67.1 cm³/mol. The van der Waals surface area contributed by atoms with Crippen LogP contribution in [0.15, 0.2) is 12.7 Å². The summed E-state index contributed by atoms with van der Waals surface area (Å²) in [6.45, 7) is 9.29. The zero-order valence-electron chi connectivity index (χ0n) is 11.2. The van der Waals surface area contributed by atoms with Crippen LogP contribution < -0.4 is 5.32 Å². The molecule has 0 radical (unpaired) electrons. The summed E-state index contributed by atoms with van der Waals surface area (Å²) < 4.78 is 5.14. The van der Waals surface area contributed by atoms with Gasteiger partial charge in [-0.2, -0.15) is 0 Å². The Morgan fingerprint density at radius 2 is 2.17 bits per heavy atom. The summed E-state index contributed by atoms with van der Waals surface area (Å²) in [5, 5.41) is 12.0. The number of hydrogen-bond donors (Lipinski definition) is 2. The zero-order chi connectivity index (χ0) is 14.0. The third-order valence-corrected chi connectivity index (χ3v) is 2.87. The highest BCUT2D eigenvalue weighted by Crippen LogP contribution is 2.44. The maximum Gasteiger partial charge on any atom is 0.324 e. The minimum absolute atomic E-state index is 0.0614. The van der Waals surface area contributed by atoms with Gasteiger partial charge in [0.05, 0.1) is 6.42 Å². The van der Waals surface area contributed by atoms with Crippen molar-refractivity contribution >= 4 is 11.9 Å². The van der Waals surface area contributed by atoms with Crippen molar-refractivity contribution in [1.82, 2.24) is 5.32 Å². The Hall–Kier alpha value is -1.36. The highest BCUT2D eigenvalue weighted by atomic mass is 16.6. The largest absolute Gasteiger partial charge is 0.480 e. The summed E-state index contributed by atoms with van der Waals surface area (Å²) in [6.07, 6.45) is 2.32. The van der Waals surface area contributed by atoms with Crippen LogP contribution in [0.5, 0.6) is 0 Å². The van der Waals surface area contributed by atoms with Crippen LogP contribution in [0, 0.1) is 5.92 Å². The molecule has 0 aromatic rings. The van der Waals surface area contributed by atoms with Crippen molar-refractivity contribution in [2.45, 2.75) is 44.8 Å². The van der Waals surface area contributed by atoms with Crippen molar-refractivity contribution in [3.63, 3.8) is 0 Å². The summed E-state index contributed by atoms with van der Waals surface area (Å²) in [6, 6.07) is 0. The first-order valence-electron chi connectivity index (χ1n) is 6.04. The summed E-state index contributed by atoms with van der Waals surface area (Å²) in [5.41, 5.74) is -1.44. The molecular formula is C13H21NO4. The maximum absolute atomic E-state index is 11.5. The molecule has 0 aliphatic heterocycles. The Morgan fingerprint density at radius 3 is 2.56 bits per heavy atom. The number of hydrogen-bond acceptors (Lipinski definition) is 4. The van der Waals surface area contributed by atoms with Gasteiger partial charge in [-0.3, -0.25) is 9.59 Å². The highest BCUT2D eigenvalue weighted by molar-refractivity contribution is 5.84. The van der Waals surface area contributed by atoms with Gasteiger partial charge in [0.15, 0.2) is 0 Å². The van der Waals surface area contributed by atoms with Crippen LogP contribution in [0.2, 0.25) is 0 Å². The quantitative estimate of drug-likeness (QED) is 0.553. The molecule has 0 aromatic carbocycles. The maximum atomic E-state index is 11.5. The Labute approximate surface area is 107 Å². The van der Waals surface area contributed by atoms with Gasteiger partial charge in [-0.15, -0.1) is 6.58 Å². The molecule has 1 fully saturated rings. The predicted octanol–water partition coefficient (Wildman–Crippen LogP) is 1.34. The lowest BCUT2D eigenvalue weighted by atomic mass is 10.2. The van der Waals surface area contributed by atoms with Gasteiger partial charge >= 0.3 is 11.9 Å². The van der Waals surface area contributed by atoms with E-state index < -0.39 is 17.1 Å². The lowest BCUT2D eigenvalue weighted by Gasteiger charge is -2.20. The van der Waals surface area contributed by atoms with E-state index in [4.69, 9.17) is 9.84 Å². The van der Waals surface area contributed by atoms with E-state index in [9.17, 15) is 9.59 Å². The van der Waals surface area contributed by atoms with Crippen LogP contribution in [-0.4, -0.2) is 34.7 Å². The van der Waals surface area contributed by atoms with E-state index in [1.54, 1.807) is 26.8 Å². The van der Waals surface area contributed by atoms with E-state index in [0.717, 1.165) is 0 Å². The second kappa shape index (κ2) is 5.10. The Bertz CT molecular complexity index is 358. The molecule has 1 aliphatic carbocycles. The minimum Gasteiger partial charge on any atom is -0.480 e. The molecule has 2 N–H and O–H groups in total. The van der Waals surface area contributed by atoms with Crippen molar-refractivity contribution in [3.05, 3.63) is 12.7 Å². The number of carbonyl (C=O) groups excluding carboxylic acids is 1. The fraction of sp³-hybridized carbons (Fsp3) is 0.692. The third-order valence-electron chi connectivity index (χ3n) is 2.87. The molecule has 5 nitrogen and oxygen atoms in total. The topological polar surface area (TPSA) is 75.6 Å². The van der Waals surface area contributed by atoms with Crippen molar-refractivity contribution in [3.8, 4) is 0 Å². The van der Waals surface area contributed by atoms with Crippen molar-refractivity contribution in [2.75, 3.05) is 6.54 Å². The monoisotopic (exact) mass is 255 g/mol. The molecule has 1 rings (SSSR count). The molecule has 18 heavy (non-hydrogen) atoms. The first-order valence-corrected chi connectivity index (χ1v) is 6.04. The van der Waals surface area contributed by atoms with Crippen molar-refractivity contribution in [1.29, 1.82) is 0 Å². The smallest absolute Gasteiger partial charge is 0.324 e. The molecule has 0 amide bonds. The number of carbonyl (C=O) groups is 2. The second-order valence-corrected chi connectivity index (χ2v) is 5.59. The van der Waals surface area contributed by atoms with Crippen molar-refractivity contribution in [2.24, 2.45) is 5.92 Å². The van der Waals surface area contributed by atoms with Gasteiger partial charge in [0, 0.05) is 12.5 Å². The van der Waals surface area contributed by atoms with Crippen LogP contribution in [0.25, 0.3) is 0 Å². The van der Waals surface area contributed by atoms with E-state index in [2.05, 4.69) is 11.9 Å². The molecule has 1 aliphatic rings. The normalized spacial score (nSPS) is 26.5. The van der Waals surface area contributed by atoms with E-state index in [1.807, 2.05) is 0 Å². The fourth-order valence-corrected chi connectivity index (χ4v) is 1.88. The molecule has 1 saturated carbocycles. The zero-order valence-corrected chi connectivity index (χ0v) is 11.2. The fourth-order valence-electron chi connectivity index (χ4n) is 1.88. The number of esters is 1. The van der Waals surface area contributed by atoms with E-state index in [0.29, 0.717) is 13.0 Å². The van der Waals surface area contributed by atoms with Crippen LogP contribution in [0.4, 0.5) is 0 Å². The standard InChI is InChI=1S/C13H21NO4/c1-5-9-8-13(9,11(16)17)14-7-6-10(15)18-12(2,3)4/h5,9,14H,1,6-8H2,2-4H3,(H,16,17)/t9-,13-/m1/s1. The molecular weight excluding hydrogens is 234 g/mol. The lowest BCUT2D eigenvalue weighted by Crippen LogP contribution is -2.42. The number of carboxylic acids is 1. The molecule has 0 saturated heterocycles. The molecule has 5 heteroatoms. The highest BCUT2D eigenvalue weighted by Gasteiger charge is 2.58. The average molecular weight is 255 g/mol. The van der Waals surface area contributed by atoms with Crippen LogP contribution in [-0.2, 0) is 14.3 Å². The Balaban J connectivity index is 2.36. The molecule has 0 spiro atoms. The summed E-state index contributed by atoms with van der Waals surface area (Å²) >= 11 is 0. The number of aliphatic carboxylic acids is 1. The van der Waals surface area contributed by atoms with Gasteiger partial charge in [0.25, 0.3) is 0 Å². The summed E-state index contributed by atoms with van der Waals surface area (Å²) in [4.78, 5) is 22.6. The van der Waals surface area contributed by atoms with Gasteiger partial charge in [-0.25, -0.2) is 0 Å². The number of nitrogens with one attached hydrogen (secondary N) is 1. The Kier molecular flexibility index (Phi) is 4.16. The molecule has 0 heterocycles. The molecule has 0 aromatic heterocycles. The average Bonchev–Trinajstić information content (AvgIpc) is 2.90. The van der Waals surface area contributed by atoms with Crippen molar-refractivity contribution < 1.29 is 19.4 Å². The van der Waals surface area contributed by atoms with Crippen LogP contribution in [0.3, 0.4) is 0 Å². The first-order chi connectivity index (χ1) is 8.21. The molecule has 2 atom stereocenters. The van der Waals surface area contributed by atoms with E-state index in [1.165, 1.54) is 0 Å². The SMILES string of the molecule is C=C[C@@H]1C[C@]1(NCCC(=O)OC(C)(C)C)C(=O)O. The molecule has 0 unspecified atom stereocenters. The second-order valence-electron chi connectivity index (χ2n) is 5.59. The Morgan fingerprint density at radius 1 is 1.56 bits per heavy atom. The number of carboxylic acid groups (broad SMARTS) is 1. The minimum atomic E-state index is -0.927. The molecule has 0 bridgehead atoms. The van der Waals surface area contributed by atoms with Gasteiger partial charge in [-0.1, -0.05) is 6.08 Å². The van der Waals surface area contributed by atoms with E-state index in [-0.39, 0.29) is 18.3 Å². The van der Waals surface area contributed by atoms with Crippen LogP contribution in [0.1, 0.15) is 33.6 Å². The van der Waals surface area contributed by atoms with Gasteiger partial charge in [0.1, 0.15) is 11.1 Å². The first kappa shape index (κ1) is 14.7. The number of rotatable bonds is 6.